The van der Waals surface area contributed by atoms with Crippen LogP contribution in [0.5, 0.6) is 0 Å². The predicted molar refractivity (Wildman–Crippen MR) is 183 cm³/mol. The van der Waals surface area contributed by atoms with Crippen molar-refractivity contribution in [2.24, 2.45) is 0 Å². The molecule has 3 heteroatoms. The molecule has 218 valence electrons. The highest BCUT2D eigenvalue weighted by atomic mass is 14.7. The third kappa shape index (κ3) is 3.44. The quantitative estimate of drug-likeness (QED) is 0.204. The number of rotatable bonds is 2. The molecule has 3 aromatic heterocycles. The number of fused-ring (bicyclic) bond motifs is 9. The summed E-state index contributed by atoms with van der Waals surface area (Å²) in [6.07, 6.45) is 3.81. The van der Waals surface area contributed by atoms with Gasteiger partial charge in [0, 0.05) is 50.9 Å². The molecule has 3 nitrogen and oxygen atoms in total. The van der Waals surface area contributed by atoms with E-state index in [0.717, 1.165) is 28.3 Å². The Hall–Kier alpha value is -4.89. The minimum absolute atomic E-state index is 0.0515. The molecule has 45 heavy (non-hydrogen) atoms. The standard InChI is InChI=1S/C42H35N3/c1-40(2)30-14-11-24(21-27(30)37-33(40)9-7-19-43-37)25-12-15-32-29(22-25)39-35(42(32,5)6)17-18-36(45-39)26-13-16-31-28(23-26)38-34(41(31,3)4)10-8-20-44-38/h7-23H,1-6H3. The maximum absolute atomic E-state index is 5.39. The van der Waals surface area contributed by atoms with Crippen LogP contribution < -0.4 is 0 Å². The number of aromatic nitrogens is 3. The second kappa shape index (κ2) is 8.63. The van der Waals surface area contributed by atoms with Gasteiger partial charge in [0.25, 0.3) is 0 Å². The second-order valence-corrected chi connectivity index (χ2v) is 14.5. The molecule has 0 saturated carbocycles. The van der Waals surface area contributed by atoms with Crippen LogP contribution in [0, 0.1) is 0 Å². The molecule has 0 amide bonds. The maximum atomic E-state index is 5.39. The minimum Gasteiger partial charge on any atom is -0.256 e. The normalized spacial score (nSPS) is 16.8. The SMILES string of the molecule is CC1(C)c2ccc(-c3ccc4c(c3)-c3nc(-c5ccc6c(c5)-c5ncccc5C6(C)C)ccc3C4(C)C)cc2-c2ncccc21. The molecular weight excluding hydrogens is 546 g/mol. The molecule has 3 aliphatic carbocycles. The van der Waals surface area contributed by atoms with Gasteiger partial charge in [-0.3, -0.25) is 9.97 Å². The number of hydrogen-bond acceptors (Lipinski definition) is 3. The fourth-order valence-electron chi connectivity index (χ4n) is 8.39. The smallest absolute Gasteiger partial charge is 0.0753 e. The largest absolute Gasteiger partial charge is 0.256 e. The molecule has 0 N–H and O–H groups in total. The molecule has 0 spiro atoms. The lowest BCUT2D eigenvalue weighted by Crippen LogP contribution is -2.15. The lowest BCUT2D eigenvalue weighted by atomic mass is 9.81. The highest BCUT2D eigenvalue weighted by Crippen LogP contribution is 2.52. The van der Waals surface area contributed by atoms with Gasteiger partial charge >= 0.3 is 0 Å². The summed E-state index contributed by atoms with van der Waals surface area (Å²) in [7, 11) is 0. The van der Waals surface area contributed by atoms with Crippen LogP contribution in [-0.4, -0.2) is 15.0 Å². The molecular formula is C42H35N3. The van der Waals surface area contributed by atoms with Crippen molar-refractivity contribution in [1.29, 1.82) is 0 Å². The maximum Gasteiger partial charge on any atom is 0.0753 e. The molecule has 0 saturated heterocycles. The van der Waals surface area contributed by atoms with E-state index in [0.29, 0.717) is 0 Å². The lowest BCUT2D eigenvalue weighted by Gasteiger charge is -2.22. The molecule has 0 radical (unpaired) electrons. The molecule has 3 heterocycles. The Kier molecular flexibility index (Phi) is 5.09. The van der Waals surface area contributed by atoms with Crippen LogP contribution >= 0.6 is 0 Å². The van der Waals surface area contributed by atoms with Crippen molar-refractivity contribution in [1.82, 2.24) is 15.0 Å². The Labute approximate surface area is 265 Å². The Morgan fingerprint density at radius 2 is 0.800 bits per heavy atom. The van der Waals surface area contributed by atoms with E-state index in [9.17, 15) is 0 Å². The van der Waals surface area contributed by atoms with Crippen molar-refractivity contribution >= 4 is 0 Å². The van der Waals surface area contributed by atoms with Crippen molar-refractivity contribution in [3.63, 3.8) is 0 Å². The fraction of sp³-hybridized carbons (Fsp3) is 0.214. The van der Waals surface area contributed by atoms with Crippen molar-refractivity contribution in [3.8, 4) is 56.2 Å². The molecule has 0 atom stereocenters. The minimum atomic E-state index is -0.121. The average Bonchev–Trinajstić information content (AvgIpc) is 3.53. The first-order valence-corrected chi connectivity index (χ1v) is 15.9. The summed E-state index contributed by atoms with van der Waals surface area (Å²) < 4.78 is 0. The van der Waals surface area contributed by atoms with Gasteiger partial charge in [0.05, 0.1) is 22.8 Å². The van der Waals surface area contributed by atoms with E-state index in [1.165, 1.54) is 61.2 Å². The molecule has 9 rings (SSSR count). The zero-order valence-corrected chi connectivity index (χ0v) is 26.7. The first kappa shape index (κ1) is 26.5. The van der Waals surface area contributed by atoms with Crippen molar-refractivity contribution in [3.05, 3.63) is 137 Å². The Balaban J connectivity index is 1.16. The number of pyridine rings is 3. The number of nitrogens with zero attached hydrogens (tertiary/aromatic N) is 3. The Bertz CT molecular complexity index is 2090. The third-order valence-electron chi connectivity index (χ3n) is 11.0. The Morgan fingerprint density at radius 3 is 1.31 bits per heavy atom. The number of benzene rings is 3. The van der Waals surface area contributed by atoms with Crippen molar-refractivity contribution < 1.29 is 0 Å². The van der Waals surface area contributed by atoms with E-state index >= 15 is 0 Å². The summed E-state index contributed by atoms with van der Waals surface area (Å²) in [4.78, 5) is 15.0. The lowest BCUT2D eigenvalue weighted by molar-refractivity contribution is 0.658. The first-order chi connectivity index (χ1) is 21.6. The average molecular weight is 582 g/mol. The van der Waals surface area contributed by atoms with Crippen molar-refractivity contribution in [2.45, 2.75) is 57.8 Å². The number of hydrogen-bond donors (Lipinski definition) is 0. The van der Waals surface area contributed by atoms with Gasteiger partial charge in [-0.05, 0) is 80.9 Å². The van der Waals surface area contributed by atoms with Gasteiger partial charge in [-0.15, -0.1) is 0 Å². The van der Waals surface area contributed by atoms with Gasteiger partial charge in [0.2, 0.25) is 0 Å². The summed E-state index contributed by atoms with van der Waals surface area (Å²) in [6.45, 7) is 13.8. The Morgan fingerprint density at radius 1 is 0.400 bits per heavy atom. The van der Waals surface area contributed by atoms with Gasteiger partial charge in [-0.25, -0.2) is 4.98 Å². The van der Waals surface area contributed by atoms with Gasteiger partial charge in [0.1, 0.15) is 0 Å². The topological polar surface area (TPSA) is 38.7 Å². The molecule has 0 fully saturated rings. The van der Waals surface area contributed by atoms with Crippen LogP contribution in [-0.2, 0) is 16.2 Å². The molecule has 3 aliphatic rings. The van der Waals surface area contributed by atoms with Crippen LogP contribution in [0.1, 0.15) is 74.9 Å². The van der Waals surface area contributed by atoms with E-state index in [2.05, 4.69) is 120 Å². The van der Waals surface area contributed by atoms with Crippen LogP contribution in [0.2, 0.25) is 0 Å². The highest BCUT2D eigenvalue weighted by molar-refractivity contribution is 5.87. The molecule has 0 aliphatic heterocycles. The predicted octanol–water partition coefficient (Wildman–Crippen LogP) is 10.1. The van der Waals surface area contributed by atoms with E-state index in [1.807, 2.05) is 24.5 Å². The summed E-state index contributed by atoms with van der Waals surface area (Å²) in [5, 5.41) is 0. The molecule has 0 bridgehead atoms. The zero-order chi connectivity index (χ0) is 30.9. The van der Waals surface area contributed by atoms with E-state index < -0.39 is 0 Å². The molecule has 0 unspecified atom stereocenters. The molecule has 3 aromatic carbocycles. The molecule has 6 aromatic rings. The summed E-state index contributed by atoms with van der Waals surface area (Å²) >= 11 is 0. The van der Waals surface area contributed by atoms with Crippen LogP contribution in [0.15, 0.2) is 103 Å². The summed E-state index contributed by atoms with van der Waals surface area (Å²) in [5.74, 6) is 0. The van der Waals surface area contributed by atoms with E-state index in [1.54, 1.807) is 0 Å². The van der Waals surface area contributed by atoms with Gasteiger partial charge in [0.15, 0.2) is 0 Å². The van der Waals surface area contributed by atoms with Gasteiger partial charge in [-0.1, -0.05) is 96.1 Å². The third-order valence-corrected chi connectivity index (χ3v) is 11.0. The summed E-state index contributed by atoms with van der Waals surface area (Å²) in [5.41, 5.74) is 19.1. The second-order valence-electron chi connectivity index (χ2n) is 14.5. The summed E-state index contributed by atoms with van der Waals surface area (Å²) in [6, 6.07) is 33.7. The highest BCUT2D eigenvalue weighted by Gasteiger charge is 2.39. The van der Waals surface area contributed by atoms with Crippen LogP contribution in [0.3, 0.4) is 0 Å². The van der Waals surface area contributed by atoms with Crippen molar-refractivity contribution in [2.75, 3.05) is 0 Å². The fourth-order valence-corrected chi connectivity index (χ4v) is 8.39. The van der Waals surface area contributed by atoms with E-state index in [4.69, 9.17) is 15.0 Å². The van der Waals surface area contributed by atoms with Gasteiger partial charge < -0.3 is 0 Å². The first-order valence-electron chi connectivity index (χ1n) is 15.9. The van der Waals surface area contributed by atoms with Crippen LogP contribution in [0.25, 0.3) is 56.2 Å². The van der Waals surface area contributed by atoms with E-state index in [-0.39, 0.29) is 16.2 Å². The zero-order valence-electron chi connectivity index (χ0n) is 26.7. The van der Waals surface area contributed by atoms with Crippen LogP contribution in [0.4, 0.5) is 0 Å². The van der Waals surface area contributed by atoms with Gasteiger partial charge in [-0.2, -0.15) is 0 Å². The monoisotopic (exact) mass is 581 g/mol.